The third-order valence-electron chi connectivity index (χ3n) is 7.22. The van der Waals surface area contributed by atoms with E-state index in [2.05, 4.69) is 22.3 Å². The van der Waals surface area contributed by atoms with Crippen LogP contribution in [0, 0.1) is 0 Å². The van der Waals surface area contributed by atoms with Gasteiger partial charge >= 0.3 is 0 Å². The van der Waals surface area contributed by atoms with Crippen molar-refractivity contribution in [1.82, 2.24) is 9.97 Å². The van der Waals surface area contributed by atoms with E-state index in [9.17, 15) is 9.32 Å². The molecule has 0 spiro atoms. The molecule has 8 heteroatoms. The Hall–Kier alpha value is -1.70. The highest BCUT2D eigenvalue weighted by Crippen LogP contribution is 2.38. The fourth-order valence-electron chi connectivity index (χ4n) is 5.04. The molecular formula is C24H31ClN4O2S. The number of hydrogen-bond donors (Lipinski definition) is 2. The van der Waals surface area contributed by atoms with Gasteiger partial charge in [-0.2, -0.15) is 0 Å². The Morgan fingerprint density at radius 1 is 1.12 bits per heavy atom. The van der Waals surface area contributed by atoms with Gasteiger partial charge in [-0.05, 0) is 75.6 Å². The Labute approximate surface area is 197 Å². The summed E-state index contributed by atoms with van der Waals surface area (Å²) in [5, 5.41) is 14.3. The van der Waals surface area contributed by atoms with Crippen molar-refractivity contribution in [3.8, 4) is 0 Å². The molecule has 0 amide bonds. The number of hydrogen-bond acceptors (Lipinski definition) is 6. The lowest BCUT2D eigenvalue weighted by Gasteiger charge is -2.42. The van der Waals surface area contributed by atoms with Gasteiger partial charge in [-0.25, -0.2) is 9.97 Å². The van der Waals surface area contributed by atoms with Crippen LogP contribution in [0.25, 0.3) is 0 Å². The summed E-state index contributed by atoms with van der Waals surface area (Å²) in [7, 11) is -1.09. The van der Waals surface area contributed by atoms with Crippen molar-refractivity contribution >= 4 is 33.9 Å². The van der Waals surface area contributed by atoms with Gasteiger partial charge in [0.2, 0.25) is 0 Å². The molecule has 1 saturated heterocycles. The summed E-state index contributed by atoms with van der Waals surface area (Å²) in [4.78, 5) is 13.1. The lowest BCUT2D eigenvalue weighted by atomic mass is 9.77. The fourth-order valence-corrected chi connectivity index (χ4v) is 6.56. The fraction of sp³-hybridized carbons (Fsp3) is 0.583. The molecule has 0 radical (unpaired) electrons. The highest BCUT2D eigenvalue weighted by molar-refractivity contribution is 7.85. The van der Waals surface area contributed by atoms with Crippen LogP contribution < -0.4 is 10.2 Å². The second-order valence-corrected chi connectivity index (χ2v) is 11.3. The van der Waals surface area contributed by atoms with Gasteiger partial charge in [0.15, 0.2) is 0 Å². The van der Waals surface area contributed by atoms with E-state index in [0.717, 1.165) is 85.9 Å². The summed E-state index contributed by atoms with van der Waals surface area (Å²) in [5.41, 5.74) is 1.82. The molecule has 2 aliphatic heterocycles. The Bertz CT molecular complexity index is 983. The van der Waals surface area contributed by atoms with Crippen LogP contribution in [0.1, 0.15) is 62.4 Å². The Morgan fingerprint density at radius 2 is 1.88 bits per heavy atom. The first-order chi connectivity index (χ1) is 15.6. The average molecular weight is 475 g/mol. The van der Waals surface area contributed by atoms with E-state index in [0.29, 0.717) is 11.6 Å². The van der Waals surface area contributed by atoms with Gasteiger partial charge in [0, 0.05) is 35.5 Å². The monoisotopic (exact) mass is 474 g/mol. The van der Waals surface area contributed by atoms with Gasteiger partial charge in [0.05, 0.1) is 28.6 Å². The maximum absolute atomic E-state index is 13.0. The Morgan fingerprint density at radius 3 is 2.53 bits per heavy atom. The van der Waals surface area contributed by atoms with E-state index in [-0.39, 0.29) is 18.1 Å². The zero-order valence-electron chi connectivity index (χ0n) is 18.4. The number of halogens is 1. The van der Waals surface area contributed by atoms with Gasteiger partial charge < -0.3 is 15.3 Å². The highest BCUT2D eigenvalue weighted by Gasteiger charge is 2.38. The number of nitrogens with one attached hydrogen (secondary N) is 1. The van der Waals surface area contributed by atoms with Crippen molar-refractivity contribution in [3.63, 3.8) is 0 Å². The van der Waals surface area contributed by atoms with Crippen LogP contribution >= 0.6 is 11.6 Å². The number of rotatable bonds is 5. The van der Waals surface area contributed by atoms with E-state index in [1.807, 2.05) is 12.1 Å². The van der Waals surface area contributed by atoms with Crippen LogP contribution in [0.2, 0.25) is 5.02 Å². The topological polar surface area (TPSA) is 78.4 Å². The molecule has 1 atom stereocenters. The quantitative estimate of drug-likeness (QED) is 0.673. The normalized spacial score (nSPS) is 23.2. The molecule has 2 N–H and O–H groups in total. The zero-order valence-corrected chi connectivity index (χ0v) is 19.9. The van der Waals surface area contributed by atoms with Gasteiger partial charge in [-0.1, -0.05) is 11.6 Å². The molecule has 1 aromatic carbocycles. The third kappa shape index (κ3) is 4.39. The number of nitrogens with zero attached hydrogens (tertiary/aromatic N) is 3. The van der Waals surface area contributed by atoms with Crippen molar-refractivity contribution in [1.29, 1.82) is 0 Å². The van der Waals surface area contributed by atoms with Crippen LogP contribution in [0.3, 0.4) is 0 Å². The molecule has 32 heavy (non-hydrogen) atoms. The minimum Gasteiger partial charge on any atom is -0.394 e. The largest absolute Gasteiger partial charge is 0.394 e. The van der Waals surface area contributed by atoms with Gasteiger partial charge in [-0.15, -0.1) is 0 Å². The number of aliphatic hydroxyl groups excluding tert-OH is 1. The number of aryl methyl sites for hydroxylation is 1. The van der Waals surface area contributed by atoms with Crippen LogP contribution in [-0.4, -0.2) is 50.3 Å². The molecule has 2 aromatic rings. The first-order valence-electron chi connectivity index (χ1n) is 11.8. The van der Waals surface area contributed by atoms with Crippen LogP contribution in [0.4, 0.5) is 11.5 Å². The molecule has 5 rings (SSSR count). The molecule has 1 saturated carbocycles. The number of aliphatic hydroxyl groups is 1. The molecule has 2 fully saturated rings. The summed E-state index contributed by atoms with van der Waals surface area (Å²) in [5.74, 6) is 2.52. The minimum atomic E-state index is -1.09. The standard InChI is InChI=1S/C24H31ClN4O2S/c25-18-5-7-19(8-6-18)29-13-9-17(10-14-29)22-26-20-4-1-2-15-32(31)21(20)23(27-22)28-24(16-30)11-3-12-24/h5-8,17,30H,1-4,9-16H2,(H,26,27,28)/t32-/m1/s1. The summed E-state index contributed by atoms with van der Waals surface area (Å²) < 4.78 is 13.0. The summed E-state index contributed by atoms with van der Waals surface area (Å²) in [6.45, 7) is 1.97. The van der Waals surface area contributed by atoms with Crippen molar-refractivity contribution in [2.45, 2.75) is 67.7 Å². The maximum atomic E-state index is 13.0. The van der Waals surface area contributed by atoms with E-state index >= 15 is 0 Å². The van der Waals surface area contributed by atoms with E-state index in [1.54, 1.807) is 0 Å². The number of anilines is 2. The molecule has 1 aliphatic carbocycles. The van der Waals surface area contributed by atoms with Gasteiger partial charge in [0.25, 0.3) is 0 Å². The van der Waals surface area contributed by atoms with Gasteiger partial charge in [-0.3, -0.25) is 4.21 Å². The lowest BCUT2D eigenvalue weighted by Crippen LogP contribution is -2.49. The Kier molecular flexibility index (Phi) is 6.41. The smallest absolute Gasteiger partial charge is 0.146 e. The minimum absolute atomic E-state index is 0.0766. The summed E-state index contributed by atoms with van der Waals surface area (Å²) >= 11 is 6.04. The van der Waals surface area contributed by atoms with Crippen molar-refractivity contribution in [2.24, 2.45) is 0 Å². The second-order valence-electron chi connectivity index (χ2n) is 9.37. The number of aromatic nitrogens is 2. The number of benzene rings is 1. The summed E-state index contributed by atoms with van der Waals surface area (Å²) in [6.07, 6.45) is 7.70. The third-order valence-corrected chi connectivity index (χ3v) is 9.02. The summed E-state index contributed by atoms with van der Waals surface area (Å²) in [6, 6.07) is 8.03. The van der Waals surface area contributed by atoms with Crippen LogP contribution in [0.15, 0.2) is 29.2 Å². The van der Waals surface area contributed by atoms with E-state index in [1.165, 1.54) is 5.69 Å². The van der Waals surface area contributed by atoms with Crippen molar-refractivity contribution in [3.05, 3.63) is 40.8 Å². The van der Waals surface area contributed by atoms with Crippen molar-refractivity contribution < 1.29 is 9.32 Å². The maximum Gasteiger partial charge on any atom is 0.146 e. The Balaban J connectivity index is 1.40. The average Bonchev–Trinajstić information content (AvgIpc) is 2.98. The molecule has 172 valence electrons. The number of piperidine rings is 1. The second kappa shape index (κ2) is 9.27. The number of fused-ring (bicyclic) bond motifs is 1. The van der Waals surface area contributed by atoms with Crippen molar-refractivity contribution in [2.75, 3.05) is 35.7 Å². The predicted molar refractivity (Wildman–Crippen MR) is 129 cm³/mol. The molecule has 6 nitrogen and oxygen atoms in total. The molecule has 1 aromatic heterocycles. The molecule has 0 bridgehead atoms. The lowest BCUT2D eigenvalue weighted by molar-refractivity contribution is 0.143. The molecular weight excluding hydrogens is 444 g/mol. The van der Waals surface area contributed by atoms with E-state index in [4.69, 9.17) is 21.6 Å². The molecule has 3 aliphatic rings. The SMILES string of the molecule is O=[S@@]1CCCCc2nc(C3CCN(c4ccc(Cl)cc4)CC3)nc(NC3(CO)CCC3)c21. The zero-order chi connectivity index (χ0) is 22.1. The molecule has 3 heterocycles. The van der Waals surface area contributed by atoms with Crippen LogP contribution in [-0.2, 0) is 17.2 Å². The van der Waals surface area contributed by atoms with Crippen LogP contribution in [0.5, 0.6) is 0 Å². The highest BCUT2D eigenvalue weighted by atomic mass is 35.5. The molecule has 0 unspecified atom stereocenters. The van der Waals surface area contributed by atoms with Gasteiger partial charge in [0.1, 0.15) is 16.5 Å². The predicted octanol–water partition coefficient (Wildman–Crippen LogP) is 4.28. The van der Waals surface area contributed by atoms with E-state index < -0.39 is 10.8 Å². The first-order valence-corrected chi connectivity index (χ1v) is 13.5. The first kappa shape index (κ1) is 22.1.